The van der Waals surface area contributed by atoms with Crippen LogP contribution in [-0.2, 0) is 9.53 Å². The van der Waals surface area contributed by atoms with E-state index in [-0.39, 0.29) is 12.1 Å². The molecule has 1 fully saturated rings. The Bertz CT molecular complexity index is 1120. The lowest BCUT2D eigenvalue weighted by Crippen LogP contribution is -2.41. The first kappa shape index (κ1) is 18.7. The van der Waals surface area contributed by atoms with E-state index >= 15 is 0 Å². The van der Waals surface area contributed by atoms with Crippen LogP contribution in [0.1, 0.15) is 23.0 Å². The molecule has 1 aliphatic heterocycles. The number of fused-ring (bicyclic) bond motifs is 1. The van der Waals surface area contributed by atoms with Gasteiger partial charge in [-0.3, -0.25) is 9.69 Å². The molecule has 1 aliphatic rings. The van der Waals surface area contributed by atoms with Gasteiger partial charge < -0.3 is 14.5 Å². The number of urea groups is 1. The molecule has 3 aromatic rings. The average Bonchev–Trinajstić information content (AvgIpc) is 3.34. The van der Waals surface area contributed by atoms with E-state index in [1.165, 1.54) is 6.92 Å². The number of hydrogen-bond donors (Lipinski definition) is 1. The summed E-state index contributed by atoms with van der Waals surface area (Å²) in [5.41, 5.74) is 1.36. The summed E-state index contributed by atoms with van der Waals surface area (Å²) in [6.07, 6.45) is -1.10. The van der Waals surface area contributed by atoms with Crippen molar-refractivity contribution in [3.05, 3.63) is 53.8 Å². The molecule has 29 heavy (non-hydrogen) atoms. The van der Waals surface area contributed by atoms with Gasteiger partial charge in [0.15, 0.2) is 11.9 Å². The lowest BCUT2D eigenvalue weighted by Gasteiger charge is -2.18. The maximum atomic E-state index is 12.9. The van der Waals surface area contributed by atoms with Crippen molar-refractivity contribution in [1.29, 1.82) is 0 Å². The summed E-state index contributed by atoms with van der Waals surface area (Å²) in [7, 11) is 0. The van der Waals surface area contributed by atoms with E-state index < -0.39 is 24.0 Å². The highest BCUT2D eigenvalue weighted by Gasteiger charge is 2.32. The number of esters is 1. The molecule has 2 aromatic heterocycles. The number of imide groups is 1. The third-order valence-electron chi connectivity index (χ3n) is 4.68. The molecule has 4 rings (SSSR count). The first-order chi connectivity index (χ1) is 13.9. The van der Waals surface area contributed by atoms with Crippen molar-refractivity contribution in [2.75, 3.05) is 13.1 Å². The highest BCUT2D eigenvalue weighted by Crippen LogP contribution is 2.27. The second-order valence-electron chi connectivity index (χ2n) is 6.75. The summed E-state index contributed by atoms with van der Waals surface area (Å²) in [4.78, 5) is 42.6. The summed E-state index contributed by atoms with van der Waals surface area (Å²) in [6.45, 7) is 3.90. The predicted octanol–water partition coefficient (Wildman–Crippen LogP) is 2.90. The van der Waals surface area contributed by atoms with Crippen LogP contribution in [0.5, 0.6) is 0 Å². The van der Waals surface area contributed by atoms with Crippen molar-refractivity contribution < 1.29 is 23.5 Å². The fourth-order valence-electron chi connectivity index (χ4n) is 3.22. The van der Waals surface area contributed by atoms with Crippen molar-refractivity contribution in [3.63, 3.8) is 0 Å². The molecule has 1 atom stereocenters. The molecule has 1 aromatic carbocycles. The molecule has 3 heterocycles. The van der Waals surface area contributed by atoms with Crippen molar-refractivity contribution in [2.45, 2.75) is 20.0 Å². The number of benzene rings is 1. The van der Waals surface area contributed by atoms with Gasteiger partial charge in [0.25, 0.3) is 5.91 Å². The summed E-state index contributed by atoms with van der Waals surface area (Å²) in [5.74, 6) is 0.0181. The van der Waals surface area contributed by atoms with E-state index in [9.17, 15) is 14.4 Å². The third-order valence-corrected chi connectivity index (χ3v) is 4.68. The maximum absolute atomic E-state index is 12.9. The molecule has 0 saturated carbocycles. The molecule has 0 unspecified atom stereocenters. The van der Waals surface area contributed by atoms with Gasteiger partial charge in [0, 0.05) is 18.5 Å². The van der Waals surface area contributed by atoms with Crippen LogP contribution in [0, 0.1) is 6.92 Å². The molecule has 0 radical (unpaired) electrons. The topological polar surface area (TPSA) is 102 Å². The number of aromatic nitrogens is 1. The SMILES string of the molecule is Cc1ccc(-c2cc(C(=O)O[C@H](C)C(=O)N3CCNC3=O)c3ccccc3n2)o1. The fraction of sp³-hybridized carbons (Fsp3) is 0.238. The fourth-order valence-corrected chi connectivity index (χ4v) is 3.22. The molecular formula is C21H19N3O5. The number of amides is 3. The van der Waals surface area contributed by atoms with Gasteiger partial charge >= 0.3 is 12.0 Å². The number of pyridine rings is 1. The zero-order valence-electron chi connectivity index (χ0n) is 16.0. The Morgan fingerprint density at radius 2 is 2.03 bits per heavy atom. The first-order valence-corrected chi connectivity index (χ1v) is 9.21. The van der Waals surface area contributed by atoms with Crippen LogP contribution < -0.4 is 5.32 Å². The molecular weight excluding hydrogens is 374 g/mol. The van der Waals surface area contributed by atoms with E-state index in [2.05, 4.69) is 10.3 Å². The zero-order chi connectivity index (χ0) is 20.5. The van der Waals surface area contributed by atoms with Gasteiger partial charge in [0.2, 0.25) is 0 Å². The highest BCUT2D eigenvalue weighted by molar-refractivity contribution is 6.06. The molecule has 8 nitrogen and oxygen atoms in total. The number of carbonyl (C=O) groups excluding carboxylic acids is 3. The lowest BCUT2D eigenvalue weighted by atomic mass is 10.1. The molecule has 0 aliphatic carbocycles. The average molecular weight is 393 g/mol. The van der Waals surface area contributed by atoms with Crippen LogP contribution in [0.25, 0.3) is 22.4 Å². The number of aryl methyl sites for hydroxylation is 1. The van der Waals surface area contributed by atoms with E-state index in [0.717, 1.165) is 10.7 Å². The minimum absolute atomic E-state index is 0.250. The highest BCUT2D eigenvalue weighted by atomic mass is 16.5. The number of para-hydroxylation sites is 1. The van der Waals surface area contributed by atoms with Crippen LogP contribution in [0.2, 0.25) is 0 Å². The molecule has 8 heteroatoms. The van der Waals surface area contributed by atoms with Crippen molar-refractivity contribution in [3.8, 4) is 11.5 Å². The molecule has 1 saturated heterocycles. The number of nitrogens with zero attached hydrogens (tertiary/aromatic N) is 2. The summed E-state index contributed by atoms with van der Waals surface area (Å²) in [6, 6.07) is 11.8. The molecule has 0 spiro atoms. The maximum Gasteiger partial charge on any atom is 0.339 e. The Morgan fingerprint density at radius 3 is 2.72 bits per heavy atom. The van der Waals surface area contributed by atoms with Gasteiger partial charge in [-0.2, -0.15) is 0 Å². The molecule has 1 N–H and O–H groups in total. The molecule has 0 bridgehead atoms. The number of nitrogens with one attached hydrogen (secondary N) is 1. The first-order valence-electron chi connectivity index (χ1n) is 9.21. The van der Waals surface area contributed by atoms with Crippen LogP contribution in [-0.4, -0.2) is 47.0 Å². The number of ether oxygens (including phenoxy) is 1. The Labute approximate surface area is 166 Å². The summed E-state index contributed by atoms with van der Waals surface area (Å²) >= 11 is 0. The van der Waals surface area contributed by atoms with Crippen molar-refractivity contribution in [1.82, 2.24) is 15.2 Å². The van der Waals surface area contributed by atoms with Gasteiger partial charge in [-0.05, 0) is 38.1 Å². The van der Waals surface area contributed by atoms with E-state index in [0.29, 0.717) is 28.9 Å². The van der Waals surface area contributed by atoms with Crippen LogP contribution in [0.15, 0.2) is 46.9 Å². The van der Waals surface area contributed by atoms with Crippen LogP contribution in [0.4, 0.5) is 4.79 Å². The van der Waals surface area contributed by atoms with E-state index in [1.54, 1.807) is 30.3 Å². The third kappa shape index (κ3) is 3.56. The van der Waals surface area contributed by atoms with Gasteiger partial charge in [-0.1, -0.05) is 18.2 Å². The lowest BCUT2D eigenvalue weighted by molar-refractivity contribution is -0.136. The second kappa shape index (κ2) is 7.38. The smallest absolute Gasteiger partial charge is 0.339 e. The van der Waals surface area contributed by atoms with Crippen molar-refractivity contribution in [2.24, 2.45) is 0 Å². The zero-order valence-corrected chi connectivity index (χ0v) is 16.0. The number of rotatable bonds is 4. The number of carbonyl (C=O) groups is 3. The van der Waals surface area contributed by atoms with E-state index in [1.807, 2.05) is 19.1 Å². The normalized spacial score (nSPS) is 14.7. The second-order valence-corrected chi connectivity index (χ2v) is 6.75. The monoisotopic (exact) mass is 393 g/mol. The van der Waals surface area contributed by atoms with Crippen molar-refractivity contribution >= 4 is 28.8 Å². The predicted molar refractivity (Wildman–Crippen MR) is 104 cm³/mol. The van der Waals surface area contributed by atoms with Gasteiger partial charge in [-0.15, -0.1) is 0 Å². The van der Waals surface area contributed by atoms with Gasteiger partial charge in [0.05, 0.1) is 11.1 Å². The number of furan rings is 1. The Kier molecular flexibility index (Phi) is 4.75. The minimum Gasteiger partial charge on any atom is -0.460 e. The van der Waals surface area contributed by atoms with Crippen LogP contribution >= 0.6 is 0 Å². The quantitative estimate of drug-likeness (QED) is 0.684. The Morgan fingerprint density at radius 1 is 1.24 bits per heavy atom. The molecule has 3 amide bonds. The van der Waals surface area contributed by atoms with E-state index in [4.69, 9.17) is 9.15 Å². The van der Waals surface area contributed by atoms with Crippen LogP contribution in [0.3, 0.4) is 0 Å². The van der Waals surface area contributed by atoms with Gasteiger partial charge in [-0.25, -0.2) is 14.6 Å². The Hall–Kier alpha value is -3.68. The molecule has 148 valence electrons. The largest absolute Gasteiger partial charge is 0.460 e. The minimum atomic E-state index is -1.10. The summed E-state index contributed by atoms with van der Waals surface area (Å²) in [5, 5.41) is 3.15. The van der Waals surface area contributed by atoms with Gasteiger partial charge in [0.1, 0.15) is 11.5 Å². The standard InChI is InChI=1S/C21H19N3O5/c1-12-7-8-18(28-12)17-11-15(14-5-3-4-6-16(14)23-17)20(26)29-13(2)19(25)24-10-9-22-21(24)27/h3-8,11,13H,9-10H2,1-2H3,(H,22,27)/t13-/m1/s1. The number of hydrogen-bond acceptors (Lipinski definition) is 6. The Balaban J connectivity index is 1.66. The summed E-state index contributed by atoms with van der Waals surface area (Å²) < 4.78 is 11.0.